The molecule has 5 nitrogen and oxygen atoms in total. The van der Waals surface area contributed by atoms with E-state index in [9.17, 15) is 4.79 Å². The maximum Gasteiger partial charge on any atom is 0.336 e. The van der Waals surface area contributed by atoms with E-state index in [4.69, 9.17) is 18.6 Å². The summed E-state index contributed by atoms with van der Waals surface area (Å²) in [5.74, 6) is -0.114. The Balaban J connectivity index is 2.29. The van der Waals surface area contributed by atoms with Crippen LogP contribution in [-0.4, -0.2) is 18.5 Å². The van der Waals surface area contributed by atoms with Crippen molar-refractivity contribution in [3.8, 4) is 5.75 Å². The molecule has 1 saturated heterocycles. The minimum atomic E-state index is -0.726. The number of hydrogen-bond donors (Lipinski definition) is 0. The maximum atomic E-state index is 11.7. The van der Waals surface area contributed by atoms with E-state index in [1.807, 2.05) is 39.8 Å². The van der Waals surface area contributed by atoms with Crippen LogP contribution < -0.4 is 10.4 Å². The zero-order chi connectivity index (χ0) is 16.1. The molecule has 1 aliphatic heterocycles. The average Bonchev–Trinajstić information content (AvgIpc) is 2.64. The van der Waals surface area contributed by atoms with Crippen molar-refractivity contribution in [3.63, 3.8) is 0 Å². The lowest BCUT2D eigenvalue weighted by atomic mass is 9.92. The van der Waals surface area contributed by atoms with Crippen LogP contribution >= 0.6 is 0 Å². The summed E-state index contributed by atoms with van der Waals surface area (Å²) in [6, 6.07) is 6.84. The summed E-state index contributed by atoms with van der Waals surface area (Å²) in [5.41, 5.74) is 0.192. The van der Waals surface area contributed by atoms with Crippen molar-refractivity contribution < 1.29 is 18.6 Å². The van der Waals surface area contributed by atoms with Gasteiger partial charge in [-0.3, -0.25) is 0 Å². The Morgan fingerprint density at radius 1 is 1.09 bits per heavy atom. The van der Waals surface area contributed by atoms with Crippen molar-refractivity contribution in [2.75, 3.05) is 7.11 Å². The lowest BCUT2D eigenvalue weighted by molar-refractivity contribution is -0.157. The number of ether oxygens (including phenoxy) is 3. The van der Waals surface area contributed by atoms with E-state index in [1.54, 1.807) is 13.2 Å². The van der Waals surface area contributed by atoms with Gasteiger partial charge in [-0.15, -0.1) is 0 Å². The quantitative estimate of drug-likeness (QED) is 0.796. The van der Waals surface area contributed by atoms with Crippen molar-refractivity contribution in [2.45, 2.75) is 45.2 Å². The van der Waals surface area contributed by atoms with Gasteiger partial charge in [0, 0.05) is 11.5 Å². The fraction of sp³-hybridized carbons (Fsp3) is 0.471. The van der Waals surface area contributed by atoms with Gasteiger partial charge < -0.3 is 18.6 Å². The minimum absolute atomic E-state index is 0.405. The zero-order valence-electron chi connectivity index (χ0n) is 13.4. The van der Waals surface area contributed by atoms with Crippen LogP contribution in [0.5, 0.6) is 5.75 Å². The molecule has 1 aromatic heterocycles. The van der Waals surface area contributed by atoms with E-state index in [-0.39, 0.29) is 0 Å². The molecule has 2 heterocycles. The van der Waals surface area contributed by atoms with Crippen LogP contribution in [0.25, 0.3) is 11.0 Å². The van der Waals surface area contributed by atoms with Crippen molar-refractivity contribution in [1.82, 2.24) is 0 Å². The van der Waals surface area contributed by atoms with E-state index >= 15 is 0 Å². The van der Waals surface area contributed by atoms with Gasteiger partial charge in [0.05, 0.1) is 18.3 Å². The van der Waals surface area contributed by atoms with E-state index in [1.165, 1.54) is 6.07 Å². The van der Waals surface area contributed by atoms with Gasteiger partial charge >= 0.3 is 5.63 Å². The molecule has 0 N–H and O–H groups in total. The molecule has 118 valence electrons. The van der Waals surface area contributed by atoms with Gasteiger partial charge in [-0.05, 0) is 45.9 Å². The lowest BCUT2D eigenvalue weighted by Gasteiger charge is -2.25. The SMILES string of the molecule is COc1ccc2ccc(=O)oc2c1C1OC(C)(C)OC1(C)C. The molecular formula is C17H20O5. The van der Waals surface area contributed by atoms with E-state index in [0.29, 0.717) is 16.9 Å². The summed E-state index contributed by atoms with van der Waals surface area (Å²) < 4.78 is 23.0. The Hall–Kier alpha value is -1.85. The predicted molar refractivity (Wildman–Crippen MR) is 82.1 cm³/mol. The van der Waals surface area contributed by atoms with Crippen LogP contribution in [0.15, 0.2) is 33.5 Å². The Morgan fingerprint density at radius 3 is 2.36 bits per heavy atom. The van der Waals surface area contributed by atoms with Crippen LogP contribution in [0.1, 0.15) is 39.4 Å². The molecule has 2 aromatic rings. The van der Waals surface area contributed by atoms with Gasteiger partial charge in [0.1, 0.15) is 17.4 Å². The normalized spacial score (nSPS) is 22.9. The van der Waals surface area contributed by atoms with E-state index in [0.717, 1.165) is 5.39 Å². The highest BCUT2D eigenvalue weighted by Crippen LogP contribution is 2.49. The molecule has 1 atom stereocenters. The van der Waals surface area contributed by atoms with E-state index < -0.39 is 23.1 Å². The van der Waals surface area contributed by atoms with Gasteiger partial charge in [-0.25, -0.2) is 4.79 Å². The van der Waals surface area contributed by atoms with Gasteiger partial charge in [0.2, 0.25) is 0 Å². The molecule has 1 aliphatic rings. The van der Waals surface area contributed by atoms with Crippen LogP contribution in [-0.2, 0) is 9.47 Å². The van der Waals surface area contributed by atoms with Crippen molar-refractivity contribution in [1.29, 1.82) is 0 Å². The summed E-state index contributed by atoms with van der Waals surface area (Å²) in [7, 11) is 1.58. The Labute approximate surface area is 128 Å². The molecule has 1 aromatic carbocycles. The summed E-state index contributed by atoms with van der Waals surface area (Å²) >= 11 is 0. The van der Waals surface area contributed by atoms with Crippen molar-refractivity contribution >= 4 is 11.0 Å². The van der Waals surface area contributed by atoms with Gasteiger partial charge in [0.25, 0.3) is 0 Å². The molecule has 0 amide bonds. The predicted octanol–water partition coefficient (Wildman–Crippen LogP) is 3.40. The standard InChI is InChI=1S/C17H20O5/c1-16(2)15(21-17(3,4)22-16)13-11(19-5)8-6-10-7-9-12(18)20-14(10)13/h6-9,15H,1-5H3. The minimum Gasteiger partial charge on any atom is -0.496 e. The van der Waals surface area contributed by atoms with Gasteiger partial charge in [-0.2, -0.15) is 0 Å². The number of hydrogen-bond acceptors (Lipinski definition) is 5. The molecule has 3 rings (SSSR count). The highest BCUT2D eigenvalue weighted by molar-refractivity contribution is 5.82. The summed E-state index contributed by atoms with van der Waals surface area (Å²) in [6.07, 6.45) is -0.410. The average molecular weight is 304 g/mol. The molecule has 1 fully saturated rings. The fourth-order valence-corrected chi connectivity index (χ4v) is 3.11. The first-order valence-corrected chi connectivity index (χ1v) is 7.22. The molecule has 1 unspecified atom stereocenters. The summed E-state index contributed by atoms with van der Waals surface area (Å²) in [4.78, 5) is 11.7. The molecule has 0 spiro atoms. The number of benzene rings is 1. The smallest absolute Gasteiger partial charge is 0.336 e. The van der Waals surface area contributed by atoms with Crippen molar-refractivity contribution in [2.24, 2.45) is 0 Å². The molecule has 0 aliphatic carbocycles. The van der Waals surface area contributed by atoms with Crippen LogP contribution in [0.2, 0.25) is 0 Å². The molecular weight excluding hydrogens is 284 g/mol. The Bertz CT molecular complexity index is 772. The highest BCUT2D eigenvalue weighted by atomic mass is 16.8. The first-order chi connectivity index (χ1) is 10.2. The zero-order valence-corrected chi connectivity index (χ0v) is 13.4. The first-order valence-electron chi connectivity index (χ1n) is 7.22. The number of fused-ring (bicyclic) bond motifs is 1. The van der Waals surface area contributed by atoms with Gasteiger partial charge in [0.15, 0.2) is 5.79 Å². The Kier molecular flexibility index (Phi) is 3.30. The summed E-state index contributed by atoms with van der Waals surface area (Å²) in [5, 5.41) is 0.819. The lowest BCUT2D eigenvalue weighted by Crippen LogP contribution is -2.28. The largest absolute Gasteiger partial charge is 0.496 e. The second kappa shape index (κ2) is 4.83. The Morgan fingerprint density at radius 2 is 1.77 bits per heavy atom. The fourth-order valence-electron chi connectivity index (χ4n) is 3.11. The molecule has 0 bridgehead atoms. The van der Waals surface area contributed by atoms with E-state index in [2.05, 4.69) is 0 Å². The number of methoxy groups -OCH3 is 1. The number of rotatable bonds is 2. The van der Waals surface area contributed by atoms with Crippen LogP contribution in [0.4, 0.5) is 0 Å². The van der Waals surface area contributed by atoms with Crippen molar-refractivity contribution in [3.05, 3.63) is 40.2 Å². The third kappa shape index (κ3) is 2.40. The van der Waals surface area contributed by atoms with Crippen LogP contribution in [0, 0.1) is 0 Å². The molecule has 22 heavy (non-hydrogen) atoms. The monoisotopic (exact) mass is 304 g/mol. The first kappa shape index (κ1) is 15.1. The second-order valence-corrected chi connectivity index (χ2v) is 6.46. The molecule has 0 saturated carbocycles. The third-order valence-electron chi connectivity index (χ3n) is 3.81. The van der Waals surface area contributed by atoms with Crippen LogP contribution in [0.3, 0.4) is 0 Å². The summed E-state index contributed by atoms with van der Waals surface area (Å²) in [6.45, 7) is 7.63. The third-order valence-corrected chi connectivity index (χ3v) is 3.81. The van der Waals surface area contributed by atoms with Gasteiger partial charge in [-0.1, -0.05) is 0 Å². The second-order valence-electron chi connectivity index (χ2n) is 6.46. The highest BCUT2D eigenvalue weighted by Gasteiger charge is 2.49. The maximum absolute atomic E-state index is 11.7. The topological polar surface area (TPSA) is 57.9 Å². The molecule has 0 radical (unpaired) electrons. The molecule has 5 heteroatoms.